The lowest BCUT2D eigenvalue weighted by atomic mass is 10.1. The van der Waals surface area contributed by atoms with E-state index >= 15 is 0 Å². The second-order valence-electron chi connectivity index (χ2n) is 5.63. The number of hydrogen-bond donors (Lipinski definition) is 1. The Balaban J connectivity index is 2.00. The Bertz CT molecular complexity index is 709. The molecule has 2 saturated heterocycles. The van der Waals surface area contributed by atoms with Crippen LogP contribution < -0.4 is 5.32 Å². The number of benzene rings is 1. The number of sulfonamides is 1. The number of nitro benzene ring substituents is 1. The molecule has 2 bridgehead atoms. The van der Waals surface area contributed by atoms with E-state index in [1.165, 1.54) is 10.4 Å². The number of fused-ring (bicyclic) bond motifs is 2. The normalized spacial score (nSPS) is 25.9. The molecule has 9 heteroatoms. The van der Waals surface area contributed by atoms with E-state index in [1.807, 2.05) is 0 Å². The first-order valence-corrected chi connectivity index (χ1v) is 8.52. The van der Waals surface area contributed by atoms with E-state index < -0.39 is 31.3 Å². The van der Waals surface area contributed by atoms with Crippen molar-refractivity contribution in [3.8, 4) is 0 Å². The van der Waals surface area contributed by atoms with Gasteiger partial charge in [-0.25, -0.2) is 8.42 Å². The average Bonchev–Trinajstić information content (AvgIpc) is 2.76. The molecule has 22 heavy (non-hydrogen) atoms. The van der Waals surface area contributed by atoms with Crippen molar-refractivity contribution in [3.05, 3.63) is 34.1 Å². The fourth-order valence-corrected chi connectivity index (χ4v) is 4.82. The van der Waals surface area contributed by atoms with E-state index in [0.29, 0.717) is 6.42 Å². The van der Waals surface area contributed by atoms with Crippen molar-refractivity contribution in [2.45, 2.75) is 36.2 Å². The minimum absolute atomic E-state index is 0.0508. The smallest absolute Gasteiger partial charge is 0.310 e. The van der Waals surface area contributed by atoms with Gasteiger partial charge in [-0.1, -0.05) is 6.07 Å². The second-order valence-corrected chi connectivity index (χ2v) is 7.54. The van der Waals surface area contributed by atoms with Gasteiger partial charge in [-0.15, -0.1) is 0 Å². The van der Waals surface area contributed by atoms with Gasteiger partial charge in [0.05, 0.1) is 4.92 Å². The first kappa shape index (κ1) is 15.3. The maximum atomic E-state index is 13.7. The summed E-state index contributed by atoms with van der Waals surface area (Å²) in [5.74, 6) is -1.14. The van der Waals surface area contributed by atoms with Gasteiger partial charge in [0.15, 0.2) is 4.90 Å². The van der Waals surface area contributed by atoms with E-state index in [4.69, 9.17) is 0 Å². The van der Waals surface area contributed by atoms with Crippen LogP contribution in [0, 0.1) is 15.9 Å². The zero-order valence-electron chi connectivity index (χ0n) is 11.7. The number of hydrogen-bond acceptors (Lipinski definition) is 5. The van der Waals surface area contributed by atoms with Gasteiger partial charge >= 0.3 is 5.69 Å². The van der Waals surface area contributed by atoms with Crippen molar-refractivity contribution in [2.24, 2.45) is 0 Å². The summed E-state index contributed by atoms with van der Waals surface area (Å²) in [7, 11) is -4.09. The number of nitrogens with zero attached hydrogens (tertiary/aromatic N) is 2. The van der Waals surface area contributed by atoms with Crippen LogP contribution in [0.3, 0.4) is 0 Å². The van der Waals surface area contributed by atoms with Crippen LogP contribution in [0.25, 0.3) is 0 Å². The zero-order valence-corrected chi connectivity index (χ0v) is 12.6. The van der Waals surface area contributed by atoms with Crippen LogP contribution in [-0.4, -0.2) is 42.8 Å². The van der Waals surface area contributed by atoms with E-state index in [1.54, 1.807) is 0 Å². The highest BCUT2D eigenvalue weighted by molar-refractivity contribution is 7.89. The third kappa shape index (κ3) is 2.59. The van der Waals surface area contributed by atoms with Crippen molar-refractivity contribution in [3.63, 3.8) is 0 Å². The number of nitrogens with one attached hydrogen (secondary N) is 1. The van der Waals surface area contributed by atoms with Gasteiger partial charge in [-0.2, -0.15) is 8.70 Å². The van der Waals surface area contributed by atoms with Gasteiger partial charge in [0.25, 0.3) is 0 Å². The van der Waals surface area contributed by atoms with Gasteiger partial charge in [-0.3, -0.25) is 10.1 Å². The van der Waals surface area contributed by atoms with Crippen LogP contribution in [0.2, 0.25) is 0 Å². The van der Waals surface area contributed by atoms with Crippen molar-refractivity contribution in [2.75, 3.05) is 13.1 Å². The monoisotopic (exact) mass is 329 g/mol. The Morgan fingerprint density at radius 1 is 1.27 bits per heavy atom. The lowest BCUT2D eigenvalue weighted by molar-refractivity contribution is -0.390. The molecule has 0 aliphatic carbocycles. The molecular weight excluding hydrogens is 313 g/mol. The molecular formula is C13H16FN3O4S. The molecule has 1 aromatic rings. The van der Waals surface area contributed by atoms with E-state index in [2.05, 4.69) is 5.32 Å². The number of para-hydroxylation sites is 1. The maximum Gasteiger partial charge on any atom is 0.324 e. The average molecular weight is 329 g/mol. The lowest BCUT2D eigenvalue weighted by Crippen LogP contribution is -2.39. The first-order valence-electron chi connectivity index (χ1n) is 7.08. The molecule has 0 aromatic heterocycles. The van der Waals surface area contributed by atoms with Crippen LogP contribution in [0.5, 0.6) is 0 Å². The van der Waals surface area contributed by atoms with Gasteiger partial charge in [0.2, 0.25) is 15.8 Å². The molecule has 0 amide bonds. The predicted octanol–water partition coefficient (Wildman–Crippen LogP) is 1.25. The molecule has 7 nitrogen and oxygen atoms in total. The van der Waals surface area contributed by atoms with Crippen LogP contribution in [0.1, 0.15) is 19.3 Å². The molecule has 2 aliphatic heterocycles. The summed E-state index contributed by atoms with van der Waals surface area (Å²) in [5.41, 5.74) is -0.982. The molecule has 2 aliphatic rings. The lowest BCUT2D eigenvalue weighted by Gasteiger charge is -2.23. The minimum atomic E-state index is -4.09. The molecule has 0 spiro atoms. The quantitative estimate of drug-likeness (QED) is 0.665. The Morgan fingerprint density at radius 3 is 2.73 bits per heavy atom. The third-order valence-electron chi connectivity index (χ3n) is 4.24. The first-order chi connectivity index (χ1) is 10.4. The Labute approximate surface area is 127 Å². The standard InChI is InChI=1S/C13H16FN3O4S/c14-11-2-1-3-12(13(11)17(18)19)22(20,21)16-7-6-9-4-5-10(8-16)15-9/h1-3,9-10,15H,4-8H2. The molecule has 3 rings (SSSR count). The number of halogens is 1. The Kier molecular flexibility index (Phi) is 3.87. The summed E-state index contributed by atoms with van der Waals surface area (Å²) < 4.78 is 40.4. The van der Waals surface area contributed by atoms with Gasteiger partial charge < -0.3 is 5.32 Å². The topological polar surface area (TPSA) is 92.5 Å². The molecule has 0 radical (unpaired) electrons. The highest BCUT2D eigenvalue weighted by atomic mass is 32.2. The summed E-state index contributed by atoms with van der Waals surface area (Å²) >= 11 is 0. The van der Waals surface area contributed by atoms with Crippen molar-refractivity contribution in [1.82, 2.24) is 9.62 Å². The highest BCUT2D eigenvalue weighted by Gasteiger charge is 2.38. The minimum Gasteiger partial charge on any atom is -0.310 e. The maximum absolute atomic E-state index is 13.7. The summed E-state index contributed by atoms with van der Waals surface area (Å²) in [6.07, 6.45) is 2.54. The van der Waals surface area contributed by atoms with E-state index in [9.17, 15) is 22.9 Å². The fraction of sp³-hybridized carbons (Fsp3) is 0.538. The number of rotatable bonds is 3. The summed E-state index contributed by atoms with van der Waals surface area (Å²) in [6, 6.07) is 3.50. The Morgan fingerprint density at radius 2 is 2.00 bits per heavy atom. The van der Waals surface area contributed by atoms with Gasteiger partial charge in [0.1, 0.15) is 0 Å². The zero-order chi connectivity index (χ0) is 15.9. The highest BCUT2D eigenvalue weighted by Crippen LogP contribution is 2.31. The predicted molar refractivity (Wildman–Crippen MR) is 76.4 cm³/mol. The van der Waals surface area contributed by atoms with Crippen LogP contribution in [0.4, 0.5) is 10.1 Å². The molecule has 1 N–H and O–H groups in total. The second kappa shape index (κ2) is 5.56. The van der Waals surface area contributed by atoms with Gasteiger partial charge in [0, 0.05) is 25.2 Å². The molecule has 2 unspecified atom stereocenters. The SMILES string of the molecule is O=[N+]([O-])c1c(F)cccc1S(=O)(=O)N1CCC2CCC(C1)N2. The molecule has 0 saturated carbocycles. The van der Waals surface area contributed by atoms with Crippen LogP contribution >= 0.6 is 0 Å². The van der Waals surface area contributed by atoms with Crippen molar-refractivity contribution >= 4 is 15.7 Å². The third-order valence-corrected chi connectivity index (χ3v) is 6.13. The van der Waals surface area contributed by atoms with Crippen molar-refractivity contribution in [1.29, 1.82) is 0 Å². The largest absolute Gasteiger partial charge is 0.324 e. The van der Waals surface area contributed by atoms with Crippen molar-refractivity contribution < 1.29 is 17.7 Å². The molecule has 2 heterocycles. The van der Waals surface area contributed by atoms with Crippen LogP contribution in [-0.2, 0) is 10.0 Å². The van der Waals surface area contributed by atoms with Crippen LogP contribution in [0.15, 0.2) is 23.1 Å². The Hall–Kier alpha value is -1.58. The fourth-order valence-electron chi connectivity index (χ4n) is 3.15. The molecule has 2 fully saturated rings. The molecule has 120 valence electrons. The summed E-state index contributed by atoms with van der Waals surface area (Å²) in [4.78, 5) is 9.48. The van der Waals surface area contributed by atoms with Gasteiger partial charge in [-0.05, 0) is 31.4 Å². The molecule has 1 aromatic carbocycles. The summed E-state index contributed by atoms with van der Waals surface area (Å²) in [6.45, 7) is 0.538. The summed E-state index contributed by atoms with van der Waals surface area (Å²) in [5, 5.41) is 14.4. The van der Waals surface area contributed by atoms with E-state index in [0.717, 1.165) is 25.0 Å². The number of nitro groups is 1. The molecule has 2 atom stereocenters. The van der Waals surface area contributed by atoms with E-state index in [-0.39, 0.29) is 25.2 Å².